The summed E-state index contributed by atoms with van der Waals surface area (Å²) in [6.45, 7) is 1.82. The number of aryl methyl sites for hydroxylation is 1. The van der Waals surface area contributed by atoms with Crippen molar-refractivity contribution in [2.45, 2.75) is 19.3 Å². The van der Waals surface area contributed by atoms with Gasteiger partial charge in [-0.05, 0) is 36.8 Å². The molecular formula is C14H14F3N3O. The Morgan fingerprint density at radius 2 is 1.90 bits per heavy atom. The van der Waals surface area contributed by atoms with Crippen LogP contribution in [0.4, 0.5) is 13.2 Å². The number of halogens is 3. The lowest BCUT2D eigenvalue weighted by atomic mass is 10.0. The van der Waals surface area contributed by atoms with Crippen molar-refractivity contribution >= 4 is 0 Å². The highest BCUT2D eigenvalue weighted by Gasteiger charge is 2.31. The third-order valence-electron chi connectivity index (χ3n) is 2.80. The molecule has 0 bridgehead atoms. The van der Waals surface area contributed by atoms with Gasteiger partial charge in [-0.2, -0.15) is 0 Å². The SMILES string of the molecule is Cc1cccc(C(NN)c2cccc(OC(F)(F)F)c2)n1. The smallest absolute Gasteiger partial charge is 0.406 e. The first-order valence-corrected chi connectivity index (χ1v) is 6.14. The average molecular weight is 297 g/mol. The van der Waals surface area contributed by atoms with Crippen molar-refractivity contribution in [1.29, 1.82) is 0 Å². The molecule has 0 saturated carbocycles. The second-order valence-electron chi connectivity index (χ2n) is 4.42. The summed E-state index contributed by atoms with van der Waals surface area (Å²) in [6, 6.07) is 10.5. The first-order chi connectivity index (χ1) is 9.89. The Labute approximate surface area is 119 Å². The molecule has 1 atom stereocenters. The van der Waals surface area contributed by atoms with Gasteiger partial charge in [0, 0.05) is 5.69 Å². The summed E-state index contributed by atoms with van der Waals surface area (Å²) < 4.78 is 40.7. The molecule has 1 unspecified atom stereocenters. The number of hydrogen-bond donors (Lipinski definition) is 2. The highest BCUT2D eigenvalue weighted by Crippen LogP contribution is 2.27. The van der Waals surface area contributed by atoms with Crippen LogP contribution in [0.5, 0.6) is 5.75 Å². The molecule has 0 spiro atoms. The van der Waals surface area contributed by atoms with Gasteiger partial charge in [0.2, 0.25) is 0 Å². The highest BCUT2D eigenvalue weighted by molar-refractivity contribution is 5.35. The van der Waals surface area contributed by atoms with Crippen LogP contribution in [0.3, 0.4) is 0 Å². The maximum absolute atomic E-state index is 12.3. The zero-order valence-corrected chi connectivity index (χ0v) is 11.2. The van der Waals surface area contributed by atoms with Crippen molar-refractivity contribution in [2.75, 3.05) is 0 Å². The Morgan fingerprint density at radius 1 is 1.19 bits per heavy atom. The van der Waals surface area contributed by atoms with E-state index in [2.05, 4.69) is 15.1 Å². The number of nitrogens with zero attached hydrogens (tertiary/aromatic N) is 1. The quantitative estimate of drug-likeness (QED) is 0.673. The third kappa shape index (κ3) is 4.17. The van der Waals surface area contributed by atoms with Gasteiger partial charge in [-0.3, -0.25) is 10.8 Å². The second kappa shape index (κ2) is 6.11. The summed E-state index contributed by atoms with van der Waals surface area (Å²) in [4.78, 5) is 4.32. The first kappa shape index (κ1) is 15.3. The van der Waals surface area contributed by atoms with E-state index in [9.17, 15) is 13.2 Å². The first-order valence-electron chi connectivity index (χ1n) is 6.14. The van der Waals surface area contributed by atoms with Crippen molar-refractivity contribution in [3.05, 3.63) is 59.4 Å². The van der Waals surface area contributed by atoms with Crippen LogP contribution in [0.15, 0.2) is 42.5 Å². The number of nitrogens with two attached hydrogens (primary N) is 1. The predicted octanol–water partition coefficient (Wildman–Crippen LogP) is 2.84. The van der Waals surface area contributed by atoms with Gasteiger partial charge in [-0.25, -0.2) is 5.43 Å². The number of aromatic nitrogens is 1. The highest BCUT2D eigenvalue weighted by atomic mass is 19.4. The van der Waals surface area contributed by atoms with E-state index in [4.69, 9.17) is 5.84 Å². The van der Waals surface area contributed by atoms with Crippen molar-refractivity contribution in [2.24, 2.45) is 5.84 Å². The van der Waals surface area contributed by atoms with Gasteiger partial charge in [0.1, 0.15) is 5.75 Å². The van der Waals surface area contributed by atoms with Gasteiger partial charge in [0.05, 0.1) is 11.7 Å². The van der Waals surface area contributed by atoms with Gasteiger partial charge in [0.25, 0.3) is 0 Å². The minimum Gasteiger partial charge on any atom is -0.406 e. The largest absolute Gasteiger partial charge is 0.573 e. The summed E-state index contributed by atoms with van der Waals surface area (Å²) in [5.74, 6) is 5.21. The van der Waals surface area contributed by atoms with Gasteiger partial charge >= 0.3 is 6.36 Å². The minimum atomic E-state index is -4.73. The second-order valence-corrected chi connectivity index (χ2v) is 4.42. The van der Waals surface area contributed by atoms with Gasteiger partial charge in [-0.15, -0.1) is 13.2 Å². The van der Waals surface area contributed by atoms with Crippen molar-refractivity contribution in [3.8, 4) is 5.75 Å². The Hall–Kier alpha value is -2.12. The number of alkyl halides is 3. The van der Waals surface area contributed by atoms with E-state index in [1.807, 2.05) is 13.0 Å². The summed E-state index contributed by atoms with van der Waals surface area (Å²) in [6.07, 6.45) is -4.73. The number of benzene rings is 1. The summed E-state index contributed by atoms with van der Waals surface area (Å²) in [7, 11) is 0. The molecule has 112 valence electrons. The lowest BCUT2D eigenvalue weighted by Gasteiger charge is -2.17. The third-order valence-corrected chi connectivity index (χ3v) is 2.80. The zero-order chi connectivity index (χ0) is 15.5. The van der Waals surface area contributed by atoms with E-state index in [1.54, 1.807) is 18.2 Å². The molecule has 0 amide bonds. The number of hydrogen-bond acceptors (Lipinski definition) is 4. The summed E-state index contributed by atoms with van der Waals surface area (Å²) in [5, 5.41) is 0. The van der Waals surface area contributed by atoms with Crippen LogP contribution in [0.1, 0.15) is 23.0 Å². The minimum absolute atomic E-state index is 0.298. The van der Waals surface area contributed by atoms with Crippen LogP contribution in [-0.4, -0.2) is 11.3 Å². The molecule has 1 aromatic carbocycles. The number of hydrazine groups is 1. The van der Waals surface area contributed by atoms with Crippen molar-refractivity contribution in [1.82, 2.24) is 10.4 Å². The molecule has 0 aliphatic carbocycles. The van der Waals surface area contributed by atoms with Crippen molar-refractivity contribution < 1.29 is 17.9 Å². The Kier molecular flexibility index (Phi) is 4.44. The molecule has 7 heteroatoms. The molecule has 3 N–H and O–H groups in total. The lowest BCUT2D eigenvalue weighted by molar-refractivity contribution is -0.274. The van der Waals surface area contributed by atoms with E-state index < -0.39 is 12.4 Å². The topological polar surface area (TPSA) is 60.2 Å². The van der Waals surface area contributed by atoms with E-state index >= 15 is 0 Å². The van der Waals surface area contributed by atoms with Gasteiger partial charge in [-0.1, -0.05) is 18.2 Å². The maximum Gasteiger partial charge on any atom is 0.573 e. The zero-order valence-electron chi connectivity index (χ0n) is 11.2. The number of rotatable bonds is 4. The molecule has 2 rings (SSSR count). The van der Waals surface area contributed by atoms with Gasteiger partial charge in [0.15, 0.2) is 0 Å². The Balaban J connectivity index is 2.32. The Bertz CT molecular complexity index is 616. The monoisotopic (exact) mass is 297 g/mol. The van der Waals surface area contributed by atoms with Crippen LogP contribution in [-0.2, 0) is 0 Å². The molecule has 0 saturated heterocycles. The number of ether oxygens (including phenoxy) is 1. The Morgan fingerprint density at radius 3 is 2.52 bits per heavy atom. The lowest BCUT2D eigenvalue weighted by Crippen LogP contribution is -2.29. The summed E-state index contributed by atoms with van der Waals surface area (Å²) in [5.41, 5.74) is 4.48. The molecule has 2 aromatic rings. The average Bonchev–Trinajstić information content (AvgIpc) is 2.38. The fourth-order valence-electron chi connectivity index (χ4n) is 1.97. The van der Waals surface area contributed by atoms with Crippen LogP contribution < -0.4 is 16.0 Å². The standard InChI is InChI=1S/C14H14F3N3O/c1-9-4-2-7-12(19-9)13(20-18)10-5-3-6-11(8-10)21-14(15,16)17/h2-8,13,20H,18H2,1H3. The number of nitrogens with one attached hydrogen (secondary N) is 1. The van der Waals surface area contributed by atoms with Crippen molar-refractivity contribution in [3.63, 3.8) is 0 Å². The predicted molar refractivity (Wildman–Crippen MR) is 71.3 cm³/mol. The molecule has 1 aromatic heterocycles. The fraction of sp³-hybridized carbons (Fsp3) is 0.214. The summed E-state index contributed by atoms with van der Waals surface area (Å²) >= 11 is 0. The van der Waals surface area contributed by atoms with E-state index in [0.717, 1.165) is 5.69 Å². The number of pyridine rings is 1. The molecule has 0 aliphatic heterocycles. The van der Waals surface area contributed by atoms with E-state index in [-0.39, 0.29) is 5.75 Å². The maximum atomic E-state index is 12.3. The molecule has 0 fully saturated rings. The van der Waals surface area contributed by atoms with E-state index in [1.165, 1.54) is 18.2 Å². The molecular weight excluding hydrogens is 283 g/mol. The van der Waals surface area contributed by atoms with E-state index in [0.29, 0.717) is 11.3 Å². The molecule has 0 aliphatic rings. The molecule has 4 nitrogen and oxygen atoms in total. The van der Waals surface area contributed by atoms with Crippen LogP contribution in [0, 0.1) is 6.92 Å². The van der Waals surface area contributed by atoms with Crippen LogP contribution >= 0.6 is 0 Å². The fourth-order valence-corrected chi connectivity index (χ4v) is 1.97. The van der Waals surface area contributed by atoms with Crippen LogP contribution in [0.25, 0.3) is 0 Å². The molecule has 21 heavy (non-hydrogen) atoms. The van der Waals surface area contributed by atoms with Gasteiger partial charge < -0.3 is 4.74 Å². The van der Waals surface area contributed by atoms with Crippen LogP contribution in [0.2, 0.25) is 0 Å². The molecule has 0 radical (unpaired) electrons. The normalized spacial score (nSPS) is 13.0. The molecule has 1 heterocycles.